The van der Waals surface area contributed by atoms with Gasteiger partial charge in [-0.05, 0) is 61.6 Å². The molecule has 0 bridgehead atoms. The Morgan fingerprint density at radius 1 is 0.818 bits per heavy atom. The van der Waals surface area contributed by atoms with Gasteiger partial charge < -0.3 is 14.4 Å². The topological polar surface area (TPSA) is 38.8 Å². The quantitative estimate of drug-likeness (QED) is 0.172. The number of carbonyl (C=O) groups is 1. The van der Waals surface area contributed by atoms with Gasteiger partial charge in [0.15, 0.2) is 5.60 Å². The molecule has 0 radical (unpaired) electrons. The lowest BCUT2D eigenvalue weighted by molar-refractivity contribution is 0.0600. The fraction of sp³-hybridized carbons (Fsp3) is 0.175. The van der Waals surface area contributed by atoms with Crippen LogP contribution in [0.25, 0.3) is 33.5 Å². The largest absolute Gasteiger partial charge is 0.472 e. The van der Waals surface area contributed by atoms with Crippen LogP contribution in [0, 0.1) is 0 Å². The van der Waals surface area contributed by atoms with Crippen molar-refractivity contribution in [3.8, 4) is 16.9 Å². The molecule has 0 aromatic heterocycles. The van der Waals surface area contributed by atoms with E-state index in [-0.39, 0.29) is 0 Å². The van der Waals surface area contributed by atoms with Gasteiger partial charge in [0.05, 0.1) is 12.7 Å². The summed E-state index contributed by atoms with van der Waals surface area (Å²) in [5.41, 5.74) is 7.25. The first-order valence-corrected chi connectivity index (χ1v) is 15.1. The predicted octanol–water partition coefficient (Wildman–Crippen LogP) is 9.52. The number of rotatable bonds is 8. The highest BCUT2D eigenvalue weighted by molar-refractivity contribution is 6.14. The molecule has 1 atom stereocenters. The molecular weight excluding hydrogens is 542 g/mol. The molecule has 5 aromatic carbocycles. The molecule has 4 nitrogen and oxygen atoms in total. The van der Waals surface area contributed by atoms with Crippen molar-refractivity contribution in [1.29, 1.82) is 0 Å². The average Bonchev–Trinajstić information content (AvgIpc) is 3.08. The Kier molecular flexibility index (Phi) is 7.84. The Morgan fingerprint density at radius 3 is 2.05 bits per heavy atom. The molecule has 0 fully saturated rings. The first-order chi connectivity index (χ1) is 21.4. The first-order valence-electron chi connectivity index (χ1n) is 15.1. The summed E-state index contributed by atoms with van der Waals surface area (Å²) in [6, 6.07) is 35.2. The fourth-order valence-corrected chi connectivity index (χ4v) is 6.30. The molecule has 6 rings (SSSR count). The number of benzene rings is 5. The van der Waals surface area contributed by atoms with Crippen LogP contribution in [0.2, 0.25) is 0 Å². The zero-order chi connectivity index (χ0) is 30.8. The zero-order valence-electron chi connectivity index (χ0n) is 25.8. The number of hydrogen-bond donors (Lipinski definition) is 0. The molecular formula is C40H37NO3. The molecule has 0 aliphatic carbocycles. The maximum absolute atomic E-state index is 13.6. The number of methoxy groups -OCH3 is 1. The van der Waals surface area contributed by atoms with E-state index in [1.807, 2.05) is 67.6 Å². The van der Waals surface area contributed by atoms with E-state index in [0.29, 0.717) is 16.9 Å². The summed E-state index contributed by atoms with van der Waals surface area (Å²) < 4.78 is 12.6. The van der Waals surface area contributed by atoms with Crippen molar-refractivity contribution in [3.05, 3.63) is 144 Å². The van der Waals surface area contributed by atoms with E-state index in [9.17, 15) is 4.79 Å². The Morgan fingerprint density at radius 2 is 1.43 bits per heavy atom. The monoisotopic (exact) mass is 579 g/mol. The number of fused-ring (bicyclic) bond motifs is 3. The van der Waals surface area contributed by atoms with Crippen molar-refractivity contribution in [1.82, 2.24) is 0 Å². The Hall–Kier alpha value is -5.09. The smallest absolute Gasteiger partial charge is 0.339 e. The van der Waals surface area contributed by atoms with E-state index in [2.05, 4.69) is 79.9 Å². The third-order valence-electron chi connectivity index (χ3n) is 8.64. The molecule has 1 unspecified atom stereocenters. The zero-order valence-corrected chi connectivity index (χ0v) is 25.8. The van der Waals surface area contributed by atoms with Gasteiger partial charge in [-0.15, -0.1) is 0 Å². The number of anilines is 1. The van der Waals surface area contributed by atoms with Crippen molar-refractivity contribution in [2.75, 3.05) is 25.1 Å². The molecule has 0 saturated carbocycles. The highest BCUT2D eigenvalue weighted by Gasteiger charge is 2.40. The third-order valence-corrected chi connectivity index (χ3v) is 8.64. The van der Waals surface area contributed by atoms with Crippen LogP contribution in [-0.2, 0) is 10.3 Å². The van der Waals surface area contributed by atoms with Gasteiger partial charge >= 0.3 is 5.97 Å². The minimum Gasteiger partial charge on any atom is -0.472 e. The first kappa shape index (κ1) is 29.0. The number of hydrogen-bond acceptors (Lipinski definition) is 4. The molecule has 0 spiro atoms. The standard InChI is InChI=1S/C40H37NO3/c1-6-41(7-2)32-23-21-31(22-24-32)40(30-13-9-8-10-14-30)26-25-35-37(39(42)43-5)36(29-19-17-28(18-20-29)27(3)4)33-15-11-12-16-34(33)38(35)44-40/h8-26H,3,6-7H2,1-2,4-5H3. The second-order valence-corrected chi connectivity index (χ2v) is 11.1. The summed E-state index contributed by atoms with van der Waals surface area (Å²) in [4.78, 5) is 16.0. The number of allylic oxidation sites excluding steroid dienone is 1. The molecule has 1 aliphatic rings. The number of esters is 1. The van der Waals surface area contributed by atoms with Gasteiger partial charge in [0, 0.05) is 46.4 Å². The van der Waals surface area contributed by atoms with Crippen LogP contribution in [0.3, 0.4) is 0 Å². The summed E-state index contributed by atoms with van der Waals surface area (Å²) in [5.74, 6) is 0.248. The van der Waals surface area contributed by atoms with Crippen LogP contribution in [0.4, 0.5) is 5.69 Å². The lowest BCUT2D eigenvalue weighted by atomic mass is 9.81. The number of nitrogens with zero attached hydrogens (tertiary/aromatic N) is 1. The lowest BCUT2D eigenvalue weighted by Gasteiger charge is -2.37. The highest BCUT2D eigenvalue weighted by atomic mass is 16.5. The minimum absolute atomic E-state index is 0.407. The van der Waals surface area contributed by atoms with Gasteiger partial charge in [0.25, 0.3) is 0 Å². The van der Waals surface area contributed by atoms with E-state index in [1.165, 1.54) is 12.8 Å². The van der Waals surface area contributed by atoms with E-state index in [1.54, 1.807) is 0 Å². The van der Waals surface area contributed by atoms with E-state index in [0.717, 1.165) is 57.3 Å². The molecule has 220 valence electrons. The molecule has 1 heterocycles. The number of ether oxygens (including phenoxy) is 2. The van der Waals surface area contributed by atoms with Crippen molar-refractivity contribution in [3.63, 3.8) is 0 Å². The van der Waals surface area contributed by atoms with Gasteiger partial charge in [-0.1, -0.05) is 103 Å². The SMILES string of the molecule is C=C(C)c1ccc(-c2c(C(=O)OC)c3c(c4ccccc24)OC(c2ccccc2)(c2ccc(N(CC)CC)cc2)C=C3)cc1. The van der Waals surface area contributed by atoms with Crippen molar-refractivity contribution in [2.24, 2.45) is 0 Å². The van der Waals surface area contributed by atoms with Crippen LogP contribution in [0.5, 0.6) is 5.75 Å². The third kappa shape index (κ3) is 4.87. The van der Waals surface area contributed by atoms with Crippen molar-refractivity contribution >= 4 is 34.1 Å². The Bertz CT molecular complexity index is 1870. The summed E-state index contributed by atoms with van der Waals surface area (Å²) in [7, 11) is 1.43. The second kappa shape index (κ2) is 11.9. The van der Waals surface area contributed by atoms with Crippen LogP contribution in [0.15, 0.2) is 116 Å². The number of carbonyl (C=O) groups excluding carboxylic acids is 1. The Labute approximate surface area is 259 Å². The molecule has 0 saturated heterocycles. The van der Waals surface area contributed by atoms with Crippen LogP contribution in [0.1, 0.15) is 53.4 Å². The molecule has 44 heavy (non-hydrogen) atoms. The fourth-order valence-electron chi connectivity index (χ4n) is 6.30. The summed E-state index contributed by atoms with van der Waals surface area (Å²) >= 11 is 0. The van der Waals surface area contributed by atoms with Gasteiger partial charge in [-0.3, -0.25) is 0 Å². The second-order valence-electron chi connectivity index (χ2n) is 11.1. The van der Waals surface area contributed by atoms with E-state index in [4.69, 9.17) is 9.47 Å². The molecule has 0 amide bonds. The van der Waals surface area contributed by atoms with E-state index >= 15 is 0 Å². The minimum atomic E-state index is -0.906. The normalized spacial score (nSPS) is 15.4. The van der Waals surface area contributed by atoms with Crippen LogP contribution < -0.4 is 9.64 Å². The average molecular weight is 580 g/mol. The summed E-state index contributed by atoms with van der Waals surface area (Å²) in [6.07, 6.45) is 4.11. The van der Waals surface area contributed by atoms with Crippen molar-refractivity contribution in [2.45, 2.75) is 26.4 Å². The van der Waals surface area contributed by atoms with Crippen LogP contribution >= 0.6 is 0 Å². The van der Waals surface area contributed by atoms with Gasteiger partial charge in [0.1, 0.15) is 5.75 Å². The molecule has 1 aliphatic heterocycles. The Balaban J connectivity index is 1.61. The predicted molar refractivity (Wildman–Crippen MR) is 182 cm³/mol. The molecule has 5 aromatic rings. The molecule has 4 heteroatoms. The lowest BCUT2D eigenvalue weighted by Crippen LogP contribution is -2.35. The van der Waals surface area contributed by atoms with Gasteiger partial charge in [-0.2, -0.15) is 0 Å². The summed E-state index contributed by atoms with van der Waals surface area (Å²) in [5, 5.41) is 1.85. The summed E-state index contributed by atoms with van der Waals surface area (Å²) in [6.45, 7) is 12.3. The highest BCUT2D eigenvalue weighted by Crippen LogP contribution is 2.49. The molecule has 0 N–H and O–H groups in total. The van der Waals surface area contributed by atoms with Crippen molar-refractivity contribution < 1.29 is 14.3 Å². The van der Waals surface area contributed by atoms with E-state index < -0.39 is 11.6 Å². The maximum atomic E-state index is 13.6. The van der Waals surface area contributed by atoms with Crippen LogP contribution in [-0.4, -0.2) is 26.2 Å². The van der Waals surface area contributed by atoms with Gasteiger partial charge in [0.2, 0.25) is 0 Å². The maximum Gasteiger partial charge on any atom is 0.339 e. The van der Waals surface area contributed by atoms with Gasteiger partial charge in [-0.25, -0.2) is 4.79 Å².